The minimum Gasteiger partial charge on any atom is -0.481 e. The van der Waals surface area contributed by atoms with Gasteiger partial charge in [-0.15, -0.1) is 10.2 Å². The fourth-order valence-electron chi connectivity index (χ4n) is 2.63. The summed E-state index contributed by atoms with van der Waals surface area (Å²) in [5.74, 6) is 0.314. The van der Waals surface area contributed by atoms with Crippen molar-refractivity contribution in [1.82, 2.24) is 20.0 Å². The molecule has 0 radical (unpaired) electrons. The topological polar surface area (TPSA) is 84.1 Å². The monoisotopic (exact) mass is 287 g/mol. The Bertz CT molecular complexity index is 665. The van der Waals surface area contributed by atoms with Gasteiger partial charge in [-0.2, -0.15) is 5.10 Å². The molecule has 21 heavy (non-hydrogen) atoms. The minimum atomic E-state index is -0.746. The van der Waals surface area contributed by atoms with Gasteiger partial charge in [-0.1, -0.05) is 0 Å². The summed E-state index contributed by atoms with van der Waals surface area (Å²) >= 11 is 0. The molecule has 0 aromatic carbocycles. The maximum atomic E-state index is 11.0. The van der Waals surface area contributed by atoms with Crippen molar-refractivity contribution >= 4 is 11.8 Å². The Labute approximate surface area is 122 Å². The predicted octanol–water partition coefficient (Wildman–Crippen LogP) is 1.19. The summed E-state index contributed by atoms with van der Waals surface area (Å²) in [6, 6.07) is 5.70. The van der Waals surface area contributed by atoms with Gasteiger partial charge >= 0.3 is 5.97 Å². The fourth-order valence-corrected chi connectivity index (χ4v) is 2.63. The normalized spacial score (nSPS) is 18.2. The number of carboxylic acid groups (broad SMARTS) is 1. The van der Waals surface area contributed by atoms with Crippen molar-refractivity contribution in [3.63, 3.8) is 0 Å². The van der Waals surface area contributed by atoms with Crippen molar-refractivity contribution < 1.29 is 9.90 Å². The van der Waals surface area contributed by atoms with Gasteiger partial charge in [-0.25, -0.2) is 4.68 Å². The van der Waals surface area contributed by atoms with E-state index in [9.17, 15) is 4.79 Å². The second kappa shape index (κ2) is 5.16. The molecule has 110 valence electrons. The average Bonchev–Trinajstić information content (AvgIpc) is 3.06. The maximum absolute atomic E-state index is 11.0. The molecule has 2 aromatic heterocycles. The van der Waals surface area contributed by atoms with Gasteiger partial charge in [0.15, 0.2) is 11.6 Å². The van der Waals surface area contributed by atoms with E-state index >= 15 is 0 Å². The van der Waals surface area contributed by atoms with Gasteiger partial charge < -0.3 is 10.0 Å². The van der Waals surface area contributed by atoms with Crippen LogP contribution in [-0.4, -0.2) is 44.1 Å². The third-order valence-corrected chi connectivity index (χ3v) is 3.72. The summed E-state index contributed by atoms with van der Waals surface area (Å²) in [7, 11) is 0. The van der Waals surface area contributed by atoms with Crippen LogP contribution in [0.25, 0.3) is 5.82 Å². The fraction of sp³-hybridized carbons (Fsp3) is 0.429. The minimum absolute atomic E-state index is 0.317. The van der Waals surface area contributed by atoms with Gasteiger partial charge in [-0.3, -0.25) is 4.79 Å². The molecule has 0 spiro atoms. The molecule has 1 aliphatic rings. The van der Waals surface area contributed by atoms with Crippen LogP contribution in [0.4, 0.5) is 5.82 Å². The lowest BCUT2D eigenvalue weighted by Crippen LogP contribution is -2.23. The van der Waals surface area contributed by atoms with E-state index in [0.717, 1.165) is 11.4 Å². The largest absolute Gasteiger partial charge is 0.481 e. The Kier molecular flexibility index (Phi) is 3.32. The smallest absolute Gasteiger partial charge is 0.308 e. The van der Waals surface area contributed by atoms with Crippen LogP contribution in [0, 0.1) is 19.8 Å². The molecule has 7 nitrogen and oxygen atoms in total. The van der Waals surface area contributed by atoms with Crippen molar-refractivity contribution in [3.05, 3.63) is 29.6 Å². The Morgan fingerprint density at radius 3 is 2.52 bits per heavy atom. The molecule has 1 unspecified atom stereocenters. The highest BCUT2D eigenvalue weighted by Gasteiger charge is 2.28. The lowest BCUT2D eigenvalue weighted by Gasteiger charge is -2.16. The van der Waals surface area contributed by atoms with Gasteiger partial charge in [0.1, 0.15) is 0 Å². The third kappa shape index (κ3) is 2.58. The Balaban J connectivity index is 1.79. The summed E-state index contributed by atoms with van der Waals surface area (Å²) in [4.78, 5) is 12.9. The highest BCUT2D eigenvalue weighted by Crippen LogP contribution is 2.22. The predicted molar refractivity (Wildman–Crippen MR) is 76.6 cm³/mol. The average molecular weight is 287 g/mol. The summed E-state index contributed by atoms with van der Waals surface area (Å²) in [6.45, 7) is 5.09. The SMILES string of the molecule is Cc1cc(C)n(-c2ccc(N3CCC(C(=O)O)C3)nn2)n1. The van der Waals surface area contributed by atoms with E-state index in [4.69, 9.17) is 5.11 Å². The highest BCUT2D eigenvalue weighted by molar-refractivity contribution is 5.71. The zero-order valence-corrected chi connectivity index (χ0v) is 12.0. The van der Waals surface area contributed by atoms with Crippen molar-refractivity contribution in [2.75, 3.05) is 18.0 Å². The molecule has 0 saturated carbocycles. The molecule has 3 rings (SSSR count). The van der Waals surface area contributed by atoms with Crippen LogP contribution in [0.3, 0.4) is 0 Å². The number of aryl methyl sites for hydroxylation is 2. The van der Waals surface area contributed by atoms with Gasteiger partial charge in [0.2, 0.25) is 0 Å². The van der Waals surface area contributed by atoms with E-state index < -0.39 is 5.97 Å². The Morgan fingerprint density at radius 2 is 2.00 bits per heavy atom. The number of aromatic nitrogens is 4. The first-order valence-electron chi connectivity index (χ1n) is 6.90. The third-order valence-electron chi connectivity index (χ3n) is 3.72. The van der Waals surface area contributed by atoms with Gasteiger partial charge in [0.05, 0.1) is 11.6 Å². The van der Waals surface area contributed by atoms with E-state index in [1.54, 1.807) is 4.68 Å². The number of hydrogen-bond donors (Lipinski definition) is 1. The molecule has 0 bridgehead atoms. The van der Waals surface area contributed by atoms with Crippen LogP contribution in [0.5, 0.6) is 0 Å². The lowest BCUT2D eigenvalue weighted by atomic mass is 10.1. The molecule has 1 atom stereocenters. The molecule has 1 fully saturated rings. The standard InChI is InChI=1S/C14H17N5O2/c1-9-7-10(2)19(17-9)13-4-3-12(15-16-13)18-6-5-11(8-18)14(20)21/h3-4,7,11H,5-6,8H2,1-2H3,(H,20,21). The maximum Gasteiger partial charge on any atom is 0.308 e. The highest BCUT2D eigenvalue weighted by atomic mass is 16.4. The van der Waals surface area contributed by atoms with Crippen molar-refractivity contribution in [1.29, 1.82) is 0 Å². The summed E-state index contributed by atoms with van der Waals surface area (Å²) < 4.78 is 1.75. The van der Waals surface area contributed by atoms with E-state index in [0.29, 0.717) is 31.1 Å². The quantitative estimate of drug-likeness (QED) is 0.913. The molecule has 2 aromatic rings. The molecule has 1 N–H and O–H groups in total. The zero-order chi connectivity index (χ0) is 15.0. The number of carboxylic acids is 1. The van der Waals surface area contributed by atoms with Crippen LogP contribution in [0.2, 0.25) is 0 Å². The van der Waals surface area contributed by atoms with Crippen LogP contribution in [0.1, 0.15) is 17.8 Å². The molecule has 1 aliphatic heterocycles. The second-order valence-electron chi connectivity index (χ2n) is 5.36. The van der Waals surface area contributed by atoms with E-state index in [2.05, 4.69) is 15.3 Å². The molecule has 0 amide bonds. The summed E-state index contributed by atoms with van der Waals surface area (Å²) in [5, 5.41) is 21.8. The number of anilines is 1. The first-order chi connectivity index (χ1) is 10.0. The molecule has 7 heteroatoms. The van der Waals surface area contributed by atoms with Crippen LogP contribution in [-0.2, 0) is 4.79 Å². The molecule has 0 aliphatic carbocycles. The lowest BCUT2D eigenvalue weighted by molar-refractivity contribution is -0.140. The van der Waals surface area contributed by atoms with E-state index in [1.807, 2.05) is 36.9 Å². The van der Waals surface area contributed by atoms with Crippen molar-refractivity contribution in [3.8, 4) is 5.82 Å². The Morgan fingerprint density at radius 1 is 1.29 bits per heavy atom. The number of hydrogen-bond acceptors (Lipinski definition) is 5. The molecular weight excluding hydrogens is 270 g/mol. The van der Waals surface area contributed by atoms with Crippen LogP contribution >= 0.6 is 0 Å². The molecule has 3 heterocycles. The number of rotatable bonds is 3. The van der Waals surface area contributed by atoms with Crippen molar-refractivity contribution in [2.45, 2.75) is 20.3 Å². The van der Waals surface area contributed by atoms with E-state index in [-0.39, 0.29) is 5.92 Å². The first-order valence-corrected chi connectivity index (χ1v) is 6.90. The molecular formula is C14H17N5O2. The Hall–Kier alpha value is -2.44. The number of carbonyl (C=O) groups is 1. The summed E-state index contributed by atoms with van der Waals surface area (Å²) in [5.41, 5.74) is 1.93. The van der Waals surface area contributed by atoms with Crippen molar-refractivity contribution in [2.24, 2.45) is 5.92 Å². The number of aliphatic carboxylic acids is 1. The van der Waals surface area contributed by atoms with Gasteiger partial charge in [0, 0.05) is 18.8 Å². The zero-order valence-electron chi connectivity index (χ0n) is 12.0. The van der Waals surface area contributed by atoms with E-state index in [1.165, 1.54) is 0 Å². The van der Waals surface area contributed by atoms with Gasteiger partial charge in [0.25, 0.3) is 0 Å². The van der Waals surface area contributed by atoms with Crippen LogP contribution < -0.4 is 4.90 Å². The van der Waals surface area contributed by atoms with Gasteiger partial charge in [-0.05, 0) is 38.5 Å². The second-order valence-corrected chi connectivity index (χ2v) is 5.36. The van der Waals surface area contributed by atoms with Crippen LogP contribution in [0.15, 0.2) is 18.2 Å². The molecule has 1 saturated heterocycles. The first kappa shape index (κ1) is 13.5. The number of nitrogens with zero attached hydrogens (tertiary/aromatic N) is 5. The summed E-state index contributed by atoms with van der Waals surface area (Å²) in [6.07, 6.45) is 0.649.